The van der Waals surface area contributed by atoms with Gasteiger partial charge in [-0.2, -0.15) is 21.2 Å². The van der Waals surface area contributed by atoms with Crippen LogP contribution in [0.5, 0.6) is 0 Å². The molecule has 5 nitrogen and oxygen atoms in total. The minimum atomic E-state index is -3.32. The lowest BCUT2D eigenvalue weighted by Gasteiger charge is -2.18. The Labute approximate surface area is 93.3 Å². The summed E-state index contributed by atoms with van der Waals surface area (Å²) in [7, 11) is -3.32. The van der Waals surface area contributed by atoms with Crippen LogP contribution in [-0.2, 0) is 10.0 Å². The van der Waals surface area contributed by atoms with E-state index in [1.165, 1.54) is 16.7 Å². The molecular weight excluding hydrogens is 234 g/mol. The highest BCUT2D eigenvalue weighted by Gasteiger charge is 2.25. The Morgan fingerprint density at radius 1 is 1.40 bits per heavy atom. The van der Waals surface area contributed by atoms with E-state index in [0.717, 1.165) is 17.9 Å². The molecule has 0 unspecified atom stereocenters. The molecule has 0 aliphatic carbocycles. The van der Waals surface area contributed by atoms with Crippen molar-refractivity contribution >= 4 is 21.8 Å². The van der Waals surface area contributed by atoms with Crippen LogP contribution in [0, 0.1) is 0 Å². The fraction of sp³-hybridized carbons (Fsp3) is 0.625. The van der Waals surface area contributed by atoms with E-state index in [9.17, 15) is 8.42 Å². The quantitative estimate of drug-likeness (QED) is 0.828. The van der Waals surface area contributed by atoms with Gasteiger partial charge in [0.05, 0.1) is 6.20 Å². The highest BCUT2D eigenvalue weighted by atomic mass is 32.2. The van der Waals surface area contributed by atoms with Gasteiger partial charge in [0.2, 0.25) is 10.0 Å². The first kappa shape index (κ1) is 11.0. The van der Waals surface area contributed by atoms with Gasteiger partial charge in [0.1, 0.15) is 4.90 Å². The summed E-state index contributed by atoms with van der Waals surface area (Å²) in [6.07, 6.45) is 3.70. The van der Waals surface area contributed by atoms with E-state index in [0.29, 0.717) is 13.1 Å². The van der Waals surface area contributed by atoms with E-state index in [2.05, 4.69) is 10.2 Å². The van der Waals surface area contributed by atoms with Crippen LogP contribution in [0.15, 0.2) is 17.3 Å². The topological polar surface area (TPSA) is 66.1 Å². The number of aromatic nitrogens is 2. The average Bonchev–Trinajstić information content (AvgIpc) is 2.61. The predicted molar refractivity (Wildman–Crippen MR) is 59.3 cm³/mol. The van der Waals surface area contributed by atoms with Crippen LogP contribution >= 0.6 is 11.8 Å². The molecule has 2 heterocycles. The molecule has 84 valence electrons. The molecule has 0 amide bonds. The third-order valence-corrected chi connectivity index (χ3v) is 5.20. The summed E-state index contributed by atoms with van der Waals surface area (Å²) in [5.74, 6) is 1.91. The Hall–Kier alpha value is -0.530. The minimum absolute atomic E-state index is 0.259. The fourth-order valence-corrected chi connectivity index (χ4v) is 3.88. The number of H-pyrrole nitrogens is 1. The first-order chi connectivity index (χ1) is 7.21. The molecule has 0 bridgehead atoms. The van der Waals surface area contributed by atoms with Crippen LogP contribution in [0.4, 0.5) is 0 Å². The van der Waals surface area contributed by atoms with Crippen LogP contribution < -0.4 is 0 Å². The van der Waals surface area contributed by atoms with Gasteiger partial charge in [0.25, 0.3) is 0 Å². The molecule has 1 aromatic heterocycles. The third-order valence-electron chi connectivity index (χ3n) is 2.29. The minimum Gasteiger partial charge on any atom is -0.284 e. The molecule has 1 aliphatic rings. The van der Waals surface area contributed by atoms with E-state index >= 15 is 0 Å². The Morgan fingerprint density at radius 2 is 2.27 bits per heavy atom. The van der Waals surface area contributed by atoms with Gasteiger partial charge in [-0.25, -0.2) is 8.42 Å². The summed E-state index contributed by atoms with van der Waals surface area (Å²) in [5, 5.41) is 6.20. The number of hydrogen-bond donors (Lipinski definition) is 1. The Balaban J connectivity index is 2.21. The zero-order valence-corrected chi connectivity index (χ0v) is 9.85. The monoisotopic (exact) mass is 247 g/mol. The van der Waals surface area contributed by atoms with Crippen molar-refractivity contribution in [2.45, 2.75) is 11.3 Å². The summed E-state index contributed by atoms with van der Waals surface area (Å²) in [6.45, 7) is 1.21. The molecule has 1 N–H and O–H groups in total. The average molecular weight is 247 g/mol. The number of thioether (sulfide) groups is 1. The number of sulfonamides is 1. The third kappa shape index (κ3) is 2.35. The van der Waals surface area contributed by atoms with E-state index in [-0.39, 0.29) is 4.90 Å². The predicted octanol–water partition coefficient (Wildman–Crippen LogP) is 0.537. The highest BCUT2D eigenvalue weighted by Crippen LogP contribution is 2.18. The van der Waals surface area contributed by atoms with Crippen LogP contribution in [0.3, 0.4) is 0 Å². The largest absolute Gasteiger partial charge is 0.284 e. The van der Waals surface area contributed by atoms with Gasteiger partial charge in [-0.05, 0) is 12.2 Å². The second-order valence-corrected chi connectivity index (χ2v) is 6.47. The number of aromatic amines is 1. The molecule has 0 radical (unpaired) electrons. The van der Waals surface area contributed by atoms with Gasteiger partial charge in [-0.3, -0.25) is 5.10 Å². The Morgan fingerprint density at radius 3 is 3.00 bits per heavy atom. The lowest BCUT2D eigenvalue weighted by molar-refractivity contribution is 0.435. The molecule has 1 aliphatic heterocycles. The van der Waals surface area contributed by atoms with Crippen LogP contribution in [0.1, 0.15) is 6.42 Å². The second-order valence-electron chi connectivity index (χ2n) is 3.30. The first-order valence-electron chi connectivity index (χ1n) is 4.78. The van der Waals surface area contributed by atoms with Crippen molar-refractivity contribution in [3.05, 3.63) is 12.4 Å². The Bertz CT molecular complexity index is 394. The Kier molecular flexibility index (Phi) is 3.32. The summed E-state index contributed by atoms with van der Waals surface area (Å²) in [6, 6.07) is 0. The fourth-order valence-electron chi connectivity index (χ4n) is 1.49. The van der Waals surface area contributed by atoms with Crippen molar-refractivity contribution < 1.29 is 8.42 Å². The van der Waals surface area contributed by atoms with Gasteiger partial charge in [-0.1, -0.05) is 0 Å². The summed E-state index contributed by atoms with van der Waals surface area (Å²) >= 11 is 1.80. The van der Waals surface area contributed by atoms with Crippen molar-refractivity contribution in [3.8, 4) is 0 Å². The lowest BCUT2D eigenvalue weighted by Crippen LogP contribution is -2.32. The van der Waals surface area contributed by atoms with E-state index < -0.39 is 10.0 Å². The van der Waals surface area contributed by atoms with Crippen molar-refractivity contribution in [1.82, 2.24) is 14.5 Å². The molecule has 1 aromatic rings. The lowest BCUT2D eigenvalue weighted by atomic mass is 10.5. The molecule has 0 saturated carbocycles. The molecule has 15 heavy (non-hydrogen) atoms. The maximum Gasteiger partial charge on any atom is 0.246 e. The zero-order valence-electron chi connectivity index (χ0n) is 8.22. The smallest absolute Gasteiger partial charge is 0.246 e. The number of rotatable bonds is 2. The molecular formula is C8H13N3O2S2. The van der Waals surface area contributed by atoms with Gasteiger partial charge >= 0.3 is 0 Å². The van der Waals surface area contributed by atoms with Crippen molar-refractivity contribution in [2.75, 3.05) is 24.6 Å². The van der Waals surface area contributed by atoms with Crippen molar-refractivity contribution in [1.29, 1.82) is 0 Å². The highest BCUT2D eigenvalue weighted by molar-refractivity contribution is 7.99. The normalized spacial score (nSPS) is 20.0. The van der Waals surface area contributed by atoms with E-state index in [1.54, 1.807) is 11.8 Å². The number of nitrogens with one attached hydrogen (secondary N) is 1. The standard InChI is InChI=1S/C8H13N3O2S2/c12-15(13,8-6-9-10-7-8)11-2-1-4-14-5-3-11/h6-7H,1-5H2,(H,9,10). The van der Waals surface area contributed by atoms with Crippen LogP contribution in [0.2, 0.25) is 0 Å². The van der Waals surface area contributed by atoms with Gasteiger partial charge < -0.3 is 0 Å². The van der Waals surface area contributed by atoms with E-state index in [4.69, 9.17) is 0 Å². The molecule has 2 rings (SSSR count). The molecule has 7 heteroatoms. The van der Waals surface area contributed by atoms with Crippen molar-refractivity contribution in [2.24, 2.45) is 0 Å². The number of nitrogens with zero attached hydrogens (tertiary/aromatic N) is 2. The molecule has 0 atom stereocenters. The SMILES string of the molecule is O=S(=O)(c1cn[nH]c1)N1CCCSCC1. The summed E-state index contributed by atoms with van der Waals surface area (Å²) in [4.78, 5) is 0.259. The van der Waals surface area contributed by atoms with Crippen molar-refractivity contribution in [3.63, 3.8) is 0 Å². The van der Waals surface area contributed by atoms with Crippen LogP contribution in [-0.4, -0.2) is 47.5 Å². The first-order valence-corrected chi connectivity index (χ1v) is 7.37. The maximum absolute atomic E-state index is 12.1. The van der Waals surface area contributed by atoms with Gasteiger partial charge in [-0.15, -0.1) is 0 Å². The van der Waals surface area contributed by atoms with Gasteiger partial charge in [0.15, 0.2) is 0 Å². The molecule has 1 saturated heterocycles. The molecule has 0 aromatic carbocycles. The summed E-state index contributed by atoms with van der Waals surface area (Å²) < 4.78 is 25.7. The van der Waals surface area contributed by atoms with Gasteiger partial charge in [0, 0.05) is 25.0 Å². The molecule has 0 spiro atoms. The summed E-state index contributed by atoms with van der Waals surface area (Å²) in [5.41, 5.74) is 0. The second kappa shape index (κ2) is 4.54. The van der Waals surface area contributed by atoms with Crippen LogP contribution in [0.25, 0.3) is 0 Å². The zero-order chi connectivity index (χ0) is 10.7. The van der Waals surface area contributed by atoms with E-state index in [1.807, 2.05) is 0 Å². The molecule has 1 fully saturated rings. The maximum atomic E-state index is 12.1. The number of hydrogen-bond acceptors (Lipinski definition) is 4.